The molecule has 2 atom stereocenters. The Bertz CT molecular complexity index is 760. The molecule has 2 aliphatic rings. The molecule has 1 N–H and O–H groups in total. The third kappa shape index (κ3) is 4.13. The van der Waals surface area contributed by atoms with Gasteiger partial charge in [-0.2, -0.15) is 0 Å². The highest BCUT2D eigenvalue weighted by Gasteiger charge is 2.40. The molecule has 0 aromatic heterocycles. The molecule has 2 fully saturated rings. The van der Waals surface area contributed by atoms with Gasteiger partial charge in [0, 0.05) is 42.9 Å². The SMILES string of the molecule is O=C(N[C@H]1C[C@@H]1c1ccccc1)N1CCC(Oc2cccc(Cl)c2)CC1. The molecule has 0 radical (unpaired) electrons. The molecular formula is C21H23ClN2O2. The summed E-state index contributed by atoms with van der Waals surface area (Å²) in [6.45, 7) is 1.44. The highest BCUT2D eigenvalue weighted by Crippen LogP contribution is 2.40. The van der Waals surface area contributed by atoms with Crippen LogP contribution in [-0.4, -0.2) is 36.2 Å². The maximum absolute atomic E-state index is 12.5. The van der Waals surface area contributed by atoms with Crippen molar-refractivity contribution >= 4 is 17.6 Å². The first-order valence-corrected chi connectivity index (χ1v) is 9.59. The Hall–Kier alpha value is -2.20. The molecule has 1 aliphatic carbocycles. The van der Waals surface area contributed by atoms with Gasteiger partial charge >= 0.3 is 6.03 Å². The minimum atomic E-state index is 0.0506. The standard InChI is InChI=1S/C21H23ClN2O2/c22-16-7-4-8-18(13-16)26-17-9-11-24(12-10-17)21(25)23-20-14-19(20)15-5-2-1-3-6-15/h1-8,13,17,19-20H,9-12,14H2,(H,23,25)/t19-,20+/m1/s1. The summed E-state index contributed by atoms with van der Waals surface area (Å²) in [4.78, 5) is 14.4. The van der Waals surface area contributed by atoms with Crippen molar-refractivity contribution in [1.29, 1.82) is 0 Å². The smallest absolute Gasteiger partial charge is 0.317 e. The molecule has 0 bridgehead atoms. The molecule has 136 valence electrons. The van der Waals surface area contributed by atoms with Gasteiger partial charge in [-0.25, -0.2) is 4.79 Å². The summed E-state index contributed by atoms with van der Waals surface area (Å²) in [5.74, 6) is 1.26. The molecule has 4 nitrogen and oxygen atoms in total. The quantitative estimate of drug-likeness (QED) is 0.863. The molecule has 1 aliphatic heterocycles. The number of likely N-dealkylation sites (tertiary alicyclic amines) is 1. The number of hydrogen-bond acceptors (Lipinski definition) is 2. The van der Waals surface area contributed by atoms with E-state index in [1.54, 1.807) is 0 Å². The zero-order chi connectivity index (χ0) is 17.9. The van der Waals surface area contributed by atoms with Crippen LogP contribution in [0.3, 0.4) is 0 Å². The zero-order valence-electron chi connectivity index (χ0n) is 14.6. The lowest BCUT2D eigenvalue weighted by atomic mass is 10.1. The fourth-order valence-electron chi connectivity index (χ4n) is 3.58. The lowest BCUT2D eigenvalue weighted by Gasteiger charge is -2.32. The number of benzene rings is 2. The molecule has 0 unspecified atom stereocenters. The third-order valence-corrected chi connectivity index (χ3v) is 5.39. The Labute approximate surface area is 159 Å². The van der Waals surface area contributed by atoms with Crippen LogP contribution in [0.5, 0.6) is 5.75 Å². The summed E-state index contributed by atoms with van der Waals surface area (Å²) < 4.78 is 5.99. The zero-order valence-corrected chi connectivity index (χ0v) is 15.4. The average Bonchev–Trinajstić information content (AvgIpc) is 3.42. The molecule has 1 heterocycles. The second kappa shape index (κ2) is 7.58. The normalized spacial score (nSPS) is 22.7. The second-order valence-electron chi connectivity index (χ2n) is 7.07. The summed E-state index contributed by atoms with van der Waals surface area (Å²) in [5, 5.41) is 3.85. The van der Waals surface area contributed by atoms with Crippen molar-refractivity contribution in [2.45, 2.75) is 37.3 Å². The molecule has 26 heavy (non-hydrogen) atoms. The largest absolute Gasteiger partial charge is 0.490 e. The van der Waals surface area contributed by atoms with E-state index in [2.05, 4.69) is 29.6 Å². The number of carbonyl (C=O) groups is 1. The van der Waals surface area contributed by atoms with Crippen LogP contribution in [0.1, 0.15) is 30.7 Å². The van der Waals surface area contributed by atoms with Crippen LogP contribution >= 0.6 is 11.6 Å². The Morgan fingerprint density at radius 3 is 2.58 bits per heavy atom. The lowest BCUT2D eigenvalue weighted by molar-refractivity contribution is 0.111. The molecule has 2 aromatic rings. The number of halogens is 1. The molecule has 2 amide bonds. The third-order valence-electron chi connectivity index (χ3n) is 5.16. The van der Waals surface area contributed by atoms with Crippen molar-refractivity contribution in [3.05, 3.63) is 65.2 Å². The van der Waals surface area contributed by atoms with Gasteiger partial charge in [0.15, 0.2) is 0 Å². The first-order valence-electron chi connectivity index (χ1n) is 9.21. The van der Waals surface area contributed by atoms with Gasteiger partial charge in [0.1, 0.15) is 11.9 Å². The van der Waals surface area contributed by atoms with Crippen molar-refractivity contribution in [1.82, 2.24) is 10.2 Å². The van der Waals surface area contributed by atoms with Crippen molar-refractivity contribution in [3.8, 4) is 5.75 Å². The first kappa shape index (κ1) is 17.2. The molecule has 5 heteroatoms. The highest BCUT2D eigenvalue weighted by atomic mass is 35.5. The van der Waals surface area contributed by atoms with Gasteiger partial charge in [-0.1, -0.05) is 48.0 Å². The number of amides is 2. The number of piperidine rings is 1. The van der Waals surface area contributed by atoms with E-state index in [1.165, 1.54) is 5.56 Å². The van der Waals surface area contributed by atoms with Crippen molar-refractivity contribution in [2.75, 3.05) is 13.1 Å². The minimum Gasteiger partial charge on any atom is -0.490 e. The Balaban J connectivity index is 1.23. The van der Waals surface area contributed by atoms with Gasteiger partial charge in [-0.05, 0) is 30.2 Å². The summed E-state index contributed by atoms with van der Waals surface area (Å²) in [7, 11) is 0. The molecule has 2 aromatic carbocycles. The number of nitrogens with one attached hydrogen (secondary N) is 1. The van der Waals surface area contributed by atoms with E-state index in [-0.39, 0.29) is 18.2 Å². The number of ether oxygens (including phenoxy) is 1. The van der Waals surface area contributed by atoms with E-state index in [1.807, 2.05) is 35.2 Å². The number of nitrogens with zero attached hydrogens (tertiary/aromatic N) is 1. The minimum absolute atomic E-state index is 0.0506. The Morgan fingerprint density at radius 1 is 1.08 bits per heavy atom. The van der Waals surface area contributed by atoms with Gasteiger partial charge in [-0.3, -0.25) is 0 Å². The highest BCUT2D eigenvalue weighted by molar-refractivity contribution is 6.30. The maximum atomic E-state index is 12.5. The van der Waals surface area contributed by atoms with Gasteiger partial charge in [0.05, 0.1) is 0 Å². The van der Waals surface area contributed by atoms with Crippen LogP contribution < -0.4 is 10.1 Å². The van der Waals surface area contributed by atoms with Crippen LogP contribution in [0.15, 0.2) is 54.6 Å². The summed E-state index contributed by atoms with van der Waals surface area (Å²) in [6.07, 6.45) is 2.85. The van der Waals surface area contributed by atoms with Crippen molar-refractivity contribution < 1.29 is 9.53 Å². The van der Waals surface area contributed by atoms with E-state index in [9.17, 15) is 4.79 Å². The van der Waals surface area contributed by atoms with Gasteiger partial charge in [0.25, 0.3) is 0 Å². The number of urea groups is 1. The van der Waals surface area contributed by atoms with E-state index in [4.69, 9.17) is 16.3 Å². The van der Waals surface area contributed by atoms with Crippen molar-refractivity contribution in [3.63, 3.8) is 0 Å². The molecule has 4 rings (SSSR count). The Morgan fingerprint density at radius 2 is 1.85 bits per heavy atom. The predicted molar refractivity (Wildman–Crippen MR) is 103 cm³/mol. The van der Waals surface area contributed by atoms with Crippen LogP contribution in [0.2, 0.25) is 5.02 Å². The number of rotatable bonds is 4. The van der Waals surface area contributed by atoms with Crippen LogP contribution in [-0.2, 0) is 0 Å². The summed E-state index contributed by atoms with van der Waals surface area (Å²) >= 11 is 6.00. The monoisotopic (exact) mass is 370 g/mol. The van der Waals surface area contributed by atoms with Gasteiger partial charge in [0.2, 0.25) is 0 Å². The maximum Gasteiger partial charge on any atom is 0.317 e. The lowest BCUT2D eigenvalue weighted by Crippen LogP contribution is -2.47. The second-order valence-corrected chi connectivity index (χ2v) is 7.51. The van der Waals surface area contributed by atoms with Crippen LogP contribution in [0.25, 0.3) is 0 Å². The van der Waals surface area contributed by atoms with E-state index in [0.29, 0.717) is 10.9 Å². The first-order chi connectivity index (χ1) is 12.7. The summed E-state index contributed by atoms with van der Waals surface area (Å²) in [5.41, 5.74) is 1.31. The Kier molecular flexibility index (Phi) is 5.02. The topological polar surface area (TPSA) is 41.6 Å². The van der Waals surface area contributed by atoms with Gasteiger partial charge < -0.3 is 15.0 Å². The van der Waals surface area contributed by atoms with Crippen LogP contribution in [0, 0.1) is 0 Å². The molecule has 1 saturated heterocycles. The molecule has 1 saturated carbocycles. The molecular weight excluding hydrogens is 348 g/mol. The van der Waals surface area contributed by atoms with Crippen molar-refractivity contribution in [2.24, 2.45) is 0 Å². The van der Waals surface area contributed by atoms with Gasteiger partial charge in [-0.15, -0.1) is 0 Å². The number of hydrogen-bond donors (Lipinski definition) is 1. The summed E-state index contributed by atoms with van der Waals surface area (Å²) in [6, 6.07) is 18.2. The number of carbonyl (C=O) groups excluding carboxylic acids is 1. The molecule has 0 spiro atoms. The van der Waals surface area contributed by atoms with E-state index in [0.717, 1.165) is 38.1 Å². The van der Waals surface area contributed by atoms with Crippen LogP contribution in [0.4, 0.5) is 4.79 Å². The van der Waals surface area contributed by atoms with E-state index < -0.39 is 0 Å². The predicted octanol–water partition coefficient (Wildman–Crippen LogP) is 4.45. The average molecular weight is 371 g/mol. The fraction of sp³-hybridized carbons (Fsp3) is 0.381. The fourth-order valence-corrected chi connectivity index (χ4v) is 3.76. The van der Waals surface area contributed by atoms with E-state index >= 15 is 0 Å².